The number of hydrogen-bond donors (Lipinski definition) is 2. The Labute approximate surface area is 111 Å². The SMILES string of the molecule is CSC(CO)C(C)NCc1csc(C2CC2)n1. The van der Waals surface area contributed by atoms with Gasteiger partial charge in [-0.2, -0.15) is 11.8 Å². The first kappa shape index (κ1) is 13.3. The predicted molar refractivity (Wildman–Crippen MR) is 74.8 cm³/mol. The van der Waals surface area contributed by atoms with Crippen LogP contribution in [-0.2, 0) is 6.54 Å². The monoisotopic (exact) mass is 272 g/mol. The molecule has 17 heavy (non-hydrogen) atoms. The molecule has 5 heteroatoms. The van der Waals surface area contributed by atoms with Crippen molar-refractivity contribution in [3.8, 4) is 0 Å². The van der Waals surface area contributed by atoms with Gasteiger partial charge in [0.2, 0.25) is 0 Å². The summed E-state index contributed by atoms with van der Waals surface area (Å²) in [5.74, 6) is 0.752. The van der Waals surface area contributed by atoms with E-state index in [0.29, 0.717) is 6.04 Å². The molecule has 0 aliphatic heterocycles. The van der Waals surface area contributed by atoms with E-state index in [0.717, 1.165) is 18.2 Å². The second-order valence-electron chi connectivity index (χ2n) is 4.58. The quantitative estimate of drug-likeness (QED) is 0.799. The molecule has 2 unspecified atom stereocenters. The summed E-state index contributed by atoms with van der Waals surface area (Å²) in [6.07, 6.45) is 4.67. The molecule has 0 radical (unpaired) electrons. The number of nitrogens with one attached hydrogen (secondary N) is 1. The van der Waals surface area contributed by atoms with Gasteiger partial charge >= 0.3 is 0 Å². The first-order valence-corrected chi connectivity index (χ1v) is 8.22. The van der Waals surface area contributed by atoms with E-state index in [2.05, 4.69) is 22.6 Å². The van der Waals surface area contributed by atoms with Gasteiger partial charge in [-0.3, -0.25) is 0 Å². The van der Waals surface area contributed by atoms with Crippen LogP contribution in [0.3, 0.4) is 0 Å². The Morgan fingerprint density at radius 2 is 2.41 bits per heavy atom. The van der Waals surface area contributed by atoms with E-state index in [1.54, 1.807) is 23.1 Å². The van der Waals surface area contributed by atoms with E-state index in [1.807, 2.05) is 6.26 Å². The third kappa shape index (κ3) is 3.68. The standard InChI is InChI=1S/C12H20N2OS2/c1-8(11(6-15)16-2)13-5-10-7-17-12(14-10)9-3-4-9/h7-9,11,13,15H,3-6H2,1-2H3. The molecule has 2 rings (SSSR count). The van der Waals surface area contributed by atoms with Crippen LogP contribution < -0.4 is 5.32 Å². The zero-order valence-electron chi connectivity index (χ0n) is 10.3. The van der Waals surface area contributed by atoms with Crippen LogP contribution in [0.1, 0.15) is 36.4 Å². The molecule has 0 saturated heterocycles. The van der Waals surface area contributed by atoms with Crippen molar-refractivity contribution in [2.24, 2.45) is 0 Å². The van der Waals surface area contributed by atoms with Gasteiger partial charge in [-0.25, -0.2) is 4.98 Å². The lowest BCUT2D eigenvalue weighted by molar-refractivity contribution is 0.275. The van der Waals surface area contributed by atoms with E-state index in [4.69, 9.17) is 0 Å². The Balaban J connectivity index is 1.79. The van der Waals surface area contributed by atoms with Crippen molar-refractivity contribution in [3.63, 3.8) is 0 Å². The zero-order valence-corrected chi connectivity index (χ0v) is 12.0. The second-order valence-corrected chi connectivity index (χ2v) is 6.54. The van der Waals surface area contributed by atoms with Gasteiger partial charge in [0, 0.05) is 29.1 Å². The largest absolute Gasteiger partial charge is 0.395 e. The fourth-order valence-corrected chi connectivity index (χ4v) is 3.40. The minimum absolute atomic E-state index is 0.222. The predicted octanol–water partition coefficient (Wildman–Crippen LogP) is 2.22. The lowest BCUT2D eigenvalue weighted by Gasteiger charge is -2.20. The van der Waals surface area contributed by atoms with E-state index in [-0.39, 0.29) is 11.9 Å². The summed E-state index contributed by atoms with van der Waals surface area (Å²) in [6.45, 7) is 3.15. The van der Waals surface area contributed by atoms with E-state index in [1.165, 1.54) is 17.8 Å². The van der Waals surface area contributed by atoms with Crippen LogP contribution >= 0.6 is 23.1 Å². The molecule has 1 aliphatic rings. The lowest BCUT2D eigenvalue weighted by atomic mass is 10.2. The normalized spacial score (nSPS) is 19.2. The molecule has 1 aromatic rings. The van der Waals surface area contributed by atoms with Gasteiger partial charge in [-0.15, -0.1) is 11.3 Å². The Bertz CT molecular complexity index is 348. The van der Waals surface area contributed by atoms with Crippen molar-refractivity contribution < 1.29 is 5.11 Å². The Kier molecular flexibility index (Phi) is 4.85. The molecule has 96 valence electrons. The van der Waals surface area contributed by atoms with Gasteiger partial charge in [-0.05, 0) is 26.0 Å². The summed E-state index contributed by atoms with van der Waals surface area (Å²) < 4.78 is 0. The molecule has 1 aliphatic carbocycles. The maximum atomic E-state index is 9.20. The van der Waals surface area contributed by atoms with Gasteiger partial charge in [-0.1, -0.05) is 0 Å². The molecule has 1 saturated carbocycles. The summed E-state index contributed by atoms with van der Waals surface area (Å²) in [6, 6.07) is 0.307. The average molecular weight is 272 g/mol. The third-order valence-electron chi connectivity index (χ3n) is 3.14. The molecule has 0 aromatic carbocycles. The Hall–Kier alpha value is -0.100. The third-order valence-corrected chi connectivity index (χ3v) is 5.36. The maximum absolute atomic E-state index is 9.20. The Morgan fingerprint density at radius 1 is 1.65 bits per heavy atom. The highest BCUT2D eigenvalue weighted by atomic mass is 32.2. The van der Waals surface area contributed by atoms with Crippen LogP contribution in [0.15, 0.2) is 5.38 Å². The lowest BCUT2D eigenvalue weighted by Crippen LogP contribution is -2.37. The number of aliphatic hydroxyl groups is 1. The van der Waals surface area contributed by atoms with Crippen LogP contribution in [0.4, 0.5) is 0 Å². The minimum Gasteiger partial charge on any atom is -0.395 e. The number of rotatable bonds is 7. The summed E-state index contributed by atoms with van der Waals surface area (Å²) in [7, 11) is 0. The van der Waals surface area contributed by atoms with Crippen LogP contribution in [0.2, 0.25) is 0 Å². The number of hydrogen-bond acceptors (Lipinski definition) is 5. The average Bonchev–Trinajstić information content (AvgIpc) is 3.08. The fraction of sp³-hybridized carbons (Fsp3) is 0.750. The highest BCUT2D eigenvalue weighted by Crippen LogP contribution is 2.41. The zero-order chi connectivity index (χ0) is 12.3. The molecular weight excluding hydrogens is 252 g/mol. The number of nitrogens with zero attached hydrogens (tertiary/aromatic N) is 1. The summed E-state index contributed by atoms with van der Waals surface area (Å²) in [4.78, 5) is 4.64. The van der Waals surface area contributed by atoms with Gasteiger partial charge in [0.15, 0.2) is 0 Å². The fourth-order valence-electron chi connectivity index (χ4n) is 1.76. The number of thioether (sulfide) groups is 1. The molecule has 0 amide bonds. The van der Waals surface area contributed by atoms with E-state index >= 15 is 0 Å². The molecule has 2 N–H and O–H groups in total. The van der Waals surface area contributed by atoms with Crippen molar-refractivity contribution in [3.05, 3.63) is 16.1 Å². The molecule has 2 atom stereocenters. The van der Waals surface area contributed by atoms with Crippen molar-refractivity contribution in [1.82, 2.24) is 10.3 Å². The van der Waals surface area contributed by atoms with Crippen molar-refractivity contribution in [2.45, 2.75) is 43.5 Å². The molecular formula is C12H20N2OS2. The molecule has 0 bridgehead atoms. The van der Waals surface area contributed by atoms with Crippen LogP contribution in [0.25, 0.3) is 0 Å². The second kappa shape index (κ2) is 6.18. The minimum atomic E-state index is 0.222. The summed E-state index contributed by atoms with van der Waals surface area (Å²) in [5.41, 5.74) is 1.14. The summed E-state index contributed by atoms with van der Waals surface area (Å²) in [5, 5.41) is 16.4. The van der Waals surface area contributed by atoms with E-state index < -0.39 is 0 Å². The van der Waals surface area contributed by atoms with Gasteiger partial charge in [0.1, 0.15) is 0 Å². The Morgan fingerprint density at radius 3 is 3.00 bits per heavy atom. The number of aromatic nitrogens is 1. The molecule has 1 fully saturated rings. The van der Waals surface area contributed by atoms with Gasteiger partial charge in [0.25, 0.3) is 0 Å². The molecule has 0 spiro atoms. The first-order chi connectivity index (χ1) is 8.24. The molecule has 3 nitrogen and oxygen atoms in total. The van der Waals surface area contributed by atoms with Crippen LogP contribution in [-0.4, -0.2) is 34.2 Å². The molecule has 1 aromatic heterocycles. The van der Waals surface area contributed by atoms with Crippen LogP contribution in [0, 0.1) is 0 Å². The topological polar surface area (TPSA) is 45.1 Å². The van der Waals surface area contributed by atoms with Gasteiger partial charge < -0.3 is 10.4 Å². The maximum Gasteiger partial charge on any atom is 0.0959 e. The highest BCUT2D eigenvalue weighted by Gasteiger charge is 2.26. The van der Waals surface area contributed by atoms with Crippen molar-refractivity contribution in [1.29, 1.82) is 0 Å². The smallest absolute Gasteiger partial charge is 0.0959 e. The number of aliphatic hydroxyl groups excluding tert-OH is 1. The molecule has 1 heterocycles. The summed E-state index contributed by atoms with van der Waals surface area (Å²) >= 11 is 3.49. The number of thiazole rings is 1. The first-order valence-electron chi connectivity index (χ1n) is 6.06. The van der Waals surface area contributed by atoms with Crippen molar-refractivity contribution in [2.75, 3.05) is 12.9 Å². The van der Waals surface area contributed by atoms with Crippen molar-refractivity contribution >= 4 is 23.1 Å². The van der Waals surface area contributed by atoms with Gasteiger partial charge in [0.05, 0.1) is 17.3 Å². The highest BCUT2D eigenvalue weighted by molar-refractivity contribution is 7.99. The van der Waals surface area contributed by atoms with Crippen LogP contribution in [0.5, 0.6) is 0 Å². The van der Waals surface area contributed by atoms with E-state index in [9.17, 15) is 5.11 Å².